The first-order valence-electron chi connectivity index (χ1n) is 9.15. The lowest BCUT2D eigenvalue weighted by atomic mass is 10.2. The van der Waals surface area contributed by atoms with Crippen LogP contribution < -0.4 is 10.3 Å². The molecule has 3 aromatic heterocycles. The van der Waals surface area contributed by atoms with Gasteiger partial charge in [-0.3, -0.25) is 4.79 Å². The molecule has 4 aromatic rings. The van der Waals surface area contributed by atoms with Crippen LogP contribution in [-0.2, 0) is 12.8 Å². The molecule has 0 aliphatic carbocycles. The van der Waals surface area contributed by atoms with Gasteiger partial charge in [-0.1, -0.05) is 25.6 Å². The molecule has 0 aliphatic rings. The summed E-state index contributed by atoms with van der Waals surface area (Å²) in [7, 11) is 3.60. The van der Waals surface area contributed by atoms with E-state index in [1.165, 1.54) is 23.1 Å². The lowest BCUT2D eigenvalue weighted by Crippen LogP contribution is -2.09. The van der Waals surface area contributed by atoms with Crippen molar-refractivity contribution in [3.63, 3.8) is 0 Å². The number of aromatic amines is 1. The number of thioether (sulfide) groups is 1. The van der Waals surface area contributed by atoms with E-state index in [1.54, 1.807) is 7.11 Å². The van der Waals surface area contributed by atoms with Crippen LogP contribution in [0.25, 0.3) is 20.7 Å². The van der Waals surface area contributed by atoms with Crippen molar-refractivity contribution in [1.29, 1.82) is 0 Å². The first-order valence-corrected chi connectivity index (χ1v) is 11.0. The van der Waals surface area contributed by atoms with Crippen molar-refractivity contribution < 1.29 is 4.74 Å². The van der Waals surface area contributed by atoms with Crippen molar-refractivity contribution >= 4 is 33.3 Å². The fraction of sp³-hybridized carbons (Fsp3) is 0.300. The maximum atomic E-state index is 12.6. The van der Waals surface area contributed by atoms with Gasteiger partial charge in [0.05, 0.1) is 18.4 Å². The highest BCUT2D eigenvalue weighted by Crippen LogP contribution is 2.32. The van der Waals surface area contributed by atoms with Gasteiger partial charge in [0.2, 0.25) is 0 Å². The van der Waals surface area contributed by atoms with Crippen LogP contribution in [-0.4, -0.2) is 31.8 Å². The molecule has 4 rings (SSSR count). The lowest BCUT2D eigenvalue weighted by Gasteiger charge is -2.05. The van der Waals surface area contributed by atoms with Crippen molar-refractivity contribution in [1.82, 2.24) is 24.7 Å². The van der Waals surface area contributed by atoms with Crippen LogP contribution in [0.4, 0.5) is 0 Å². The summed E-state index contributed by atoms with van der Waals surface area (Å²) in [6, 6.07) is 9.74. The van der Waals surface area contributed by atoms with Gasteiger partial charge in [0, 0.05) is 17.8 Å². The summed E-state index contributed by atoms with van der Waals surface area (Å²) in [6.07, 6.45) is 0. The third-order valence-corrected chi connectivity index (χ3v) is 6.73. The summed E-state index contributed by atoms with van der Waals surface area (Å²) in [5.74, 6) is 3.18. The van der Waals surface area contributed by atoms with E-state index >= 15 is 0 Å². The molecule has 0 spiro atoms. The van der Waals surface area contributed by atoms with Gasteiger partial charge < -0.3 is 14.3 Å². The number of nitrogens with zero attached hydrogens (tertiary/aromatic N) is 4. The van der Waals surface area contributed by atoms with E-state index in [0.717, 1.165) is 27.2 Å². The second kappa shape index (κ2) is 8.00. The van der Waals surface area contributed by atoms with Gasteiger partial charge in [0.25, 0.3) is 5.56 Å². The van der Waals surface area contributed by atoms with Gasteiger partial charge in [-0.2, -0.15) is 0 Å². The van der Waals surface area contributed by atoms with E-state index in [2.05, 4.69) is 34.0 Å². The third kappa shape index (κ3) is 3.92. The smallest absolute Gasteiger partial charge is 0.268 e. The summed E-state index contributed by atoms with van der Waals surface area (Å²) < 4.78 is 7.82. The highest BCUT2D eigenvalue weighted by Gasteiger charge is 2.14. The Morgan fingerprint density at radius 3 is 2.66 bits per heavy atom. The molecular weight excluding hydrogens is 406 g/mol. The van der Waals surface area contributed by atoms with Crippen molar-refractivity contribution in [3.05, 3.63) is 52.3 Å². The Labute approximate surface area is 176 Å². The number of H-pyrrole nitrogens is 1. The zero-order valence-corrected chi connectivity index (χ0v) is 18.2. The largest absolute Gasteiger partial charge is 0.497 e. The molecular formula is C20H21N5O2S2. The van der Waals surface area contributed by atoms with E-state index in [1.807, 2.05) is 41.9 Å². The van der Waals surface area contributed by atoms with E-state index in [4.69, 9.17) is 4.74 Å². The minimum Gasteiger partial charge on any atom is -0.497 e. The molecule has 0 saturated carbocycles. The molecule has 0 amide bonds. The van der Waals surface area contributed by atoms with Gasteiger partial charge in [-0.15, -0.1) is 21.5 Å². The van der Waals surface area contributed by atoms with Gasteiger partial charge >= 0.3 is 0 Å². The fourth-order valence-corrected chi connectivity index (χ4v) is 4.83. The topological polar surface area (TPSA) is 85.7 Å². The number of hydrogen-bond donors (Lipinski definition) is 1. The summed E-state index contributed by atoms with van der Waals surface area (Å²) in [5.41, 5.74) is 1.63. The summed E-state index contributed by atoms with van der Waals surface area (Å²) >= 11 is 2.95. The van der Waals surface area contributed by atoms with Crippen LogP contribution in [0.5, 0.6) is 5.75 Å². The molecule has 29 heavy (non-hydrogen) atoms. The Balaban J connectivity index is 1.59. The van der Waals surface area contributed by atoms with Crippen molar-refractivity contribution in [2.45, 2.75) is 30.7 Å². The molecule has 1 N–H and O–H groups in total. The van der Waals surface area contributed by atoms with E-state index in [-0.39, 0.29) is 5.56 Å². The molecule has 3 heterocycles. The zero-order valence-electron chi connectivity index (χ0n) is 16.6. The first kappa shape index (κ1) is 19.7. The fourth-order valence-electron chi connectivity index (χ4n) is 3.04. The van der Waals surface area contributed by atoms with Crippen LogP contribution in [0.15, 0.2) is 40.3 Å². The maximum absolute atomic E-state index is 12.6. The third-order valence-electron chi connectivity index (χ3n) is 4.53. The molecule has 9 heteroatoms. The van der Waals surface area contributed by atoms with E-state index < -0.39 is 0 Å². The zero-order chi connectivity index (χ0) is 20.5. The van der Waals surface area contributed by atoms with Gasteiger partial charge in [-0.05, 0) is 35.9 Å². The molecule has 1 aromatic carbocycles. The Morgan fingerprint density at radius 1 is 1.24 bits per heavy atom. The number of methoxy groups -OCH3 is 1. The Kier molecular flexibility index (Phi) is 5.42. The molecule has 0 fully saturated rings. The summed E-state index contributed by atoms with van der Waals surface area (Å²) in [5, 5.41) is 9.29. The number of hydrogen-bond acceptors (Lipinski definition) is 7. The SMILES string of the molecule is COc1ccc(-c2cc3nc(CSc4nnc(C(C)C)n4C)[nH]c(=O)c3s2)cc1. The lowest BCUT2D eigenvalue weighted by molar-refractivity contribution is 0.415. The quantitative estimate of drug-likeness (QED) is 0.464. The number of ether oxygens (including phenoxy) is 1. The maximum Gasteiger partial charge on any atom is 0.268 e. The highest BCUT2D eigenvalue weighted by atomic mass is 32.2. The van der Waals surface area contributed by atoms with Crippen molar-refractivity contribution in [2.75, 3.05) is 7.11 Å². The molecule has 0 atom stereocenters. The number of thiophene rings is 1. The van der Waals surface area contributed by atoms with Crippen LogP contribution in [0.2, 0.25) is 0 Å². The Morgan fingerprint density at radius 2 is 2.00 bits per heavy atom. The molecule has 150 valence electrons. The number of aromatic nitrogens is 5. The predicted molar refractivity (Wildman–Crippen MR) is 117 cm³/mol. The molecule has 0 bridgehead atoms. The van der Waals surface area contributed by atoms with Crippen LogP contribution >= 0.6 is 23.1 Å². The van der Waals surface area contributed by atoms with E-state index in [0.29, 0.717) is 27.7 Å². The molecule has 0 saturated heterocycles. The normalized spacial score (nSPS) is 11.5. The van der Waals surface area contributed by atoms with Crippen molar-refractivity contribution in [2.24, 2.45) is 7.05 Å². The van der Waals surface area contributed by atoms with Gasteiger partial charge in [0.15, 0.2) is 5.16 Å². The Hall–Kier alpha value is -2.65. The number of fused-ring (bicyclic) bond motifs is 1. The minimum atomic E-state index is -0.115. The highest BCUT2D eigenvalue weighted by molar-refractivity contribution is 7.98. The van der Waals surface area contributed by atoms with E-state index in [9.17, 15) is 4.79 Å². The van der Waals surface area contributed by atoms with Crippen LogP contribution in [0.1, 0.15) is 31.4 Å². The average molecular weight is 428 g/mol. The minimum absolute atomic E-state index is 0.115. The number of nitrogens with one attached hydrogen (secondary N) is 1. The molecule has 0 unspecified atom stereocenters. The molecule has 7 nitrogen and oxygen atoms in total. The van der Waals surface area contributed by atoms with Gasteiger partial charge in [0.1, 0.15) is 22.1 Å². The number of rotatable bonds is 6. The van der Waals surface area contributed by atoms with Crippen LogP contribution in [0, 0.1) is 0 Å². The summed E-state index contributed by atoms with van der Waals surface area (Å²) in [6.45, 7) is 4.17. The molecule has 0 aliphatic heterocycles. The monoisotopic (exact) mass is 427 g/mol. The average Bonchev–Trinajstić information content (AvgIpc) is 3.30. The Bertz CT molecular complexity index is 1210. The molecule has 0 radical (unpaired) electrons. The second-order valence-electron chi connectivity index (χ2n) is 6.91. The number of benzene rings is 1. The predicted octanol–water partition coefficient (Wildman–Crippen LogP) is 4.20. The summed E-state index contributed by atoms with van der Waals surface area (Å²) in [4.78, 5) is 21.1. The standard InChI is InChI=1S/C20H21N5O2S2/c1-11(2)18-23-24-20(25(18)3)28-10-16-21-14-9-15(29-17(14)19(26)22-16)12-5-7-13(27-4)8-6-12/h5-9,11H,10H2,1-4H3,(H,21,22,26). The van der Waals surface area contributed by atoms with Crippen LogP contribution in [0.3, 0.4) is 0 Å². The van der Waals surface area contributed by atoms with Gasteiger partial charge in [-0.25, -0.2) is 4.98 Å². The van der Waals surface area contributed by atoms with Crippen molar-refractivity contribution in [3.8, 4) is 16.2 Å². The first-order chi connectivity index (χ1) is 14.0. The second-order valence-corrected chi connectivity index (χ2v) is 8.90.